The average molecular weight is 187 g/mol. The highest BCUT2D eigenvalue weighted by molar-refractivity contribution is 8.21. The van der Waals surface area contributed by atoms with E-state index in [1.165, 1.54) is 0 Å². The first-order chi connectivity index (χ1) is 5.24. The van der Waals surface area contributed by atoms with Crippen molar-refractivity contribution in [3.8, 4) is 0 Å². The molecule has 0 saturated carbocycles. The standard InChI is InChI=1S/C7H5ClNOS/c8-11-6-3-1-5(2-4-6)7(9)10/h1,3-4H,(H2,9,10). The van der Waals surface area contributed by atoms with Crippen LogP contribution in [-0.4, -0.2) is 5.91 Å². The number of carbonyl (C=O) groups excluding carboxylic acids is 1. The molecule has 0 aliphatic heterocycles. The maximum atomic E-state index is 10.6. The topological polar surface area (TPSA) is 43.1 Å². The summed E-state index contributed by atoms with van der Waals surface area (Å²) >= 11 is 0. The predicted molar refractivity (Wildman–Crippen MR) is 45.5 cm³/mol. The summed E-state index contributed by atoms with van der Waals surface area (Å²) in [5, 5.41) is 0. The fraction of sp³-hybridized carbons (Fsp3) is 0. The summed E-state index contributed by atoms with van der Waals surface area (Å²) in [6.45, 7) is 0. The van der Waals surface area contributed by atoms with E-state index in [-0.39, 0.29) is 0 Å². The van der Waals surface area contributed by atoms with Crippen molar-refractivity contribution in [2.24, 2.45) is 5.73 Å². The van der Waals surface area contributed by atoms with E-state index in [9.17, 15) is 4.79 Å². The van der Waals surface area contributed by atoms with Crippen LogP contribution in [0.5, 0.6) is 0 Å². The Kier molecular flexibility index (Phi) is 2.79. The minimum Gasteiger partial charge on any atom is -0.366 e. The molecular formula is C7H5ClNOS. The largest absolute Gasteiger partial charge is 0.366 e. The molecular weight excluding hydrogens is 182 g/mol. The average Bonchev–Trinajstić information content (AvgIpc) is 2.05. The third kappa shape index (κ3) is 2.13. The predicted octanol–water partition coefficient (Wildman–Crippen LogP) is 1.83. The summed E-state index contributed by atoms with van der Waals surface area (Å²) in [7, 11) is 6.52. The van der Waals surface area contributed by atoms with Gasteiger partial charge in [-0.2, -0.15) is 0 Å². The van der Waals surface area contributed by atoms with E-state index in [1.807, 2.05) is 0 Å². The number of halogens is 1. The number of carbonyl (C=O) groups is 1. The molecule has 0 unspecified atom stereocenters. The fourth-order valence-corrected chi connectivity index (χ4v) is 1.12. The highest BCUT2D eigenvalue weighted by atomic mass is 35.7. The Morgan fingerprint density at radius 3 is 2.73 bits per heavy atom. The molecule has 0 aromatic heterocycles. The van der Waals surface area contributed by atoms with Gasteiger partial charge in [0.2, 0.25) is 5.91 Å². The van der Waals surface area contributed by atoms with Gasteiger partial charge in [-0.3, -0.25) is 4.79 Å². The summed E-state index contributed by atoms with van der Waals surface area (Å²) in [4.78, 5) is 11.4. The third-order valence-electron chi connectivity index (χ3n) is 1.14. The van der Waals surface area contributed by atoms with Crippen molar-refractivity contribution in [3.05, 3.63) is 29.8 Å². The van der Waals surface area contributed by atoms with Gasteiger partial charge in [-0.15, -0.1) is 0 Å². The van der Waals surface area contributed by atoms with E-state index >= 15 is 0 Å². The molecule has 1 aromatic rings. The highest BCUT2D eigenvalue weighted by Crippen LogP contribution is 2.21. The molecule has 1 amide bonds. The first-order valence-corrected chi connectivity index (χ1v) is 4.48. The van der Waals surface area contributed by atoms with Gasteiger partial charge in [0.05, 0.1) is 0 Å². The summed E-state index contributed by atoms with van der Waals surface area (Å²) in [6, 6.07) is 7.64. The van der Waals surface area contributed by atoms with Crippen LogP contribution >= 0.6 is 21.7 Å². The molecule has 0 bridgehead atoms. The molecule has 1 rings (SSSR count). The minimum absolute atomic E-state index is 0.375. The molecule has 0 heterocycles. The summed E-state index contributed by atoms with van der Waals surface area (Å²) in [5.41, 5.74) is 5.37. The number of nitrogens with two attached hydrogens (primary N) is 1. The van der Waals surface area contributed by atoms with E-state index < -0.39 is 5.91 Å². The molecule has 2 N–H and O–H groups in total. The maximum Gasteiger partial charge on any atom is 0.249 e. The Labute approximate surface area is 73.2 Å². The molecule has 2 nitrogen and oxygen atoms in total. The van der Waals surface area contributed by atoms with Crippen molar-refractivity contribution in [2.45, 2.75) is 4.90 Å². The lowest BCUT2D eigenvalue weighted by molar-refractivity contribution is 0.1000. The van der Waals surface area contributed by atoms with Crippen LogP contribution in [0.3, 0.4) is 0 Å². The Morgan fingerprint density at radius 2 is 2.36 bits per heavy atom. The van der Waals surface area contributed by atoms with E-state index in [1.54, 1.807) is 18.2 Å². The maximum absolute atomic E-state index is 10.6. The quantitative estimate of drug-likeness (QED) is 0.766. The summed E-state index contributed by atoms with van der Waals surface area (Å²) in [5.74, 6) is -0.476. The molecule has 0 spiro atoms. The number of primary amides is 1. The summed E-state index contributed by atoms with van der Waals surface area (Å²) in [6.07, 6.45) is 0. The number of benzene rings is 1. The first-order valence-electron chi connectivity index (χ1n) is 2.84. The lowest BCUT2D eigenvalue weighted by atomic mass is 10.2. The molecule has 1 radical (unpaired) electrons. The van der Waals surface area contributed by atoms with Crippen LogP contribution in [0.2, 0.25) is 0 Å². The van der Waals surface area contributed by atoms with Gasteiger partial charge in [-0.05, 0) is 45.9 Å². The Balaban J connectivity index is 2.91. The zero-order valence-electron chi connectivity index (χ0n) is 5.50. The second-order valence-electron chi connectivity index (χ2n) is 1.88. The van der Waals surface area contributed by atoms with E-state index in [4.69, 9.17) is 16.4 Å². The lowest BCUT2D eigenvalue weighted by Crippen LogP contribution is -2.10. The van der Waals surface area contributed by atoms with Gasteiger partial charge >= 0.3 is 0 Å². The zero-order valence-corrected chi connectivity index (χ0v) is 7.08. The van der Waals surface area contributed by atoms with Crippen LogP contribution < -0.4 is 5.73 Å². The smallest absolute Gasteiger partial charge is 0.249 e. The molecule has 0 aliphatic rings. The molecule has 0 aliphatic carbocycles. The second-order valence-corrected chi connectivity index (χ2v) is 2.97. The molecule has 4 heteroatoms. The van der Waals surface area contributed by atoms with Gasteiger partial charge in [0.15, 0.2) is 0 Å². The van der Waals surface area contributed by atoms with Crippen molar-refractivity contribution >= 4 is 27.6 Å². The van der Waals surface area contributed by atoms with Crippen molar-refractivity contribution in [1.82, 2.24) is 0 Å². The number of hydrogen-bond acceptors (Lipinski definition) is 2. The van der Waals surface area contributed by atoms with Crippen molar-refractivity contribution in [2.75, 3.05) is 0 Å². The van der Waals surface area contributed by atoms with Crippen LogP contribution in [0.25, 0.3) is 0 Å². The SMILES string of the molecule is NC(=O)c1[c]cc(SCl)cc1. The first kappa shape index (κ1) is 8.43. The van der Waals surface area contributed by atoms with Gasteiger partial charge in [-0.1, -0.05) is 0 Å². The van der Waals surface area contributed by atoms with Gasteiger partial charge in [0.1, 0.15) is 0 Å². The Morgan fingerprint density at radius 1 is 1.64 bits per heavy atom. The molecule has 0 fully saturated rings. The number of hydrogen-bond donors (Lipinski definition) is 1. The molecule has 0 saturated heterocycles. The molecule has 1 aromatic carbocycles. The van der Waals surface area contributed by atoms with Gasteiger partial charge < -0.3 is 5.73 Å². The van der Waals surface area contributed by atoms with Crippen molar-refractivity contribution in [3.63, 3.8) is 0 Å². The van der Waals surface area contributed by atoms with Crippen molar-refractivity contribution < 1.29 is 4.79 Å². The monoisotopic (exact) mass is 186 g/mol. The third-order valence-corrected chi connectivity index (χ3v) is 2.11. The minimum atomic E-state index is -0.476. The fourth-order valence-electron chi connectivity index (χ4n) is 0.612. The van der Waals surface area contributed by atoms with Crippen LogP contribution in [0.1, 0.15) is 10.4 Å². The highest BCUT2D eigenvalue weighted by Gasteiger charge is 1.98. The van der Waals surface area contributed by atoms with E-state index in [0.717, 1.165) is 15.9 Å². The molecule has 57 valence electrons. The Bertz CT molecular complexity index is 260. The molecule has 11 heavy (non-hydrogen) atoms. The Hall–Kier alpha value is -0.670. The molecule has 0 atom stereocenters. The van der Waals surface area contributed by atoms with Gasteiger partial charge in [-0.25, -0.2) is 0 Å². The normalized spacial score (nSPS) is 9.55. The van der Waals surface area contributed by atoms with Crippen molar-refractivity contribution in [1.29, 1.82) is 0 Å². The van der Waals surface area contributed by atoms with Crippen LogP contribution in [0, 0.1) is 6.07 Å². The van der Waals surface area contributed by atoms with Crippen LogP contribution in [0.4, 0.5) is 0 Å². The van der Waals surface area contributed by atoms with E-state index in [0.29, 0.717) is 5.56 Å². The zero-order chi connectivity index (χ0) is 8.27. The second kappa shape index (κ2) is 3.64. The van der Waals surface area contributed by atoms with Gasteiger partial charge in [0.25, 0.3) is 0 Å². The summed E-state index contributed by atoms with van der Waals surface area (Å²) < 4.78 is 0. The number of rotatable bonds is 2. The van der Waals surface area contributed by atoms with Gasteiger partial charge in [0, 0.05) is 10.5 Å². The van der Waals surface area contributed by atoms with Crippen LogP contribution in [-0.2, 0) is 0 Å². The van der Waals surface area contributed by atoms with Crippen LogP contribution in [0.15, 0.2) is 23.1 Å². The number of amides is 1. The van der Waals surface area contributed by atoms with E-state index in [2.05, 4.69) is 6.07 Å². The lowest BCUT2D eigenvalue weighted by Gasteiger charge is -1.94.